The van der Waals surface area contributed by atoms with Crippen LogP contribution in [-0.4, -0.2) is 16.8 Å². The molecule has 0 saturated heterocycles. The fourth-order valence-electron chi connectivity index (χ4n) is 0.839. The van der Waals surface area contributed by atoms with Crippen LogP contribution in [0.1, 0.15) is 11.3 Å². The molecule has 4 heteroatoms. The highest BCUT2D eigenvalue weighted by Crippen LogP contribution is 1.97. The Morgan fingerprint density at radius 3 is 2.92 bits per heavy atom. The van der Waals surface area contributed by atoms with Crippen molar-refractivity contribution in [2.75, 3.05) is 5.88 Å². The Morgan fingerprint density at radius 2 is 2.38 bits per heavy atom. The Morgan fingerprint density at radius 1 is 1.62 bits per heavy atom. The molecule has 3 nitrogen and oxygen atoms in total. The number of aromatic nitrogens is 1. The van der Waals surface area contributed by atoms with Gasteiger partial charge >= 0.3 is 0 Å². The number of rotatable bonds is 3. The van der Waals surface area contributed by atoms with Crippen molar-refractivity contribution in [2.45, 2.75) is 13.5 Å². The smallest absolute Gasteiger partial charge is 0.235 e. The summed E-state index contributed by atoms with van der Waals surface area (Å²) in [6.45, 7) is 2.40. The molecule has 1 aromatic heterocycles. The lowest BCUT2D eigenvalue weighted by Crippen LogP contribution is -2.24. The summed E-state index contributed by atoms with van der Waals surface area (Å²) in [5.74, 6) is -0.185. The lowest BCUT2D eigenvalue weighted by Gasteiger charge is -2.02. The van der Waals surface area contributed by atoms with Crippen LogP contribution in [0.5, 0.6) is 0 Å². The molecule has 0 fully saturated rings. The molecule has 0 spiro atoms. The molecular weight excluding hydrogens is 188 g/mol. The minimum atomic E-state index is -0.177. The van der Waals surface area contributed by atoms with Crippen molar-refractivity contribution >= 4 is 17.5 Å². The van der Waals surface area contributed by atoms with E-state index in [1.807, 2.05) is 19.1 Å². The summed E-state index contributed by atoms with van der Waals surface area (Å²) >= 11 is 5.31. The summed E-state index contributed by atoms with van der Waals surface area (Å²) in [5, 5.41) is 2.63. The minimum absolute atomic E-state index is 0.00807. The van der Waals surface area contributed by atoms with Crippen LogP contribution < -0.4 is 5.32 Å². The second-order valence-electron chi connectivity index (χ2n) is 2.74. The summed E-state index contributed by atoms with van der Waals surface area (Å²) in [6.07, 6.45) is 1.77. The number of carbonyl (C=O) groups excluding carboxylic acids is 1. The van der Waals surface area contributed by atoms with Crippen molar-refractivity contribution in [3.8, 4) is 0 Å². The molecule has 0 unspecified atom stereocenters. The Kier molecular flexibility index (Phi) is 3.71. The molecule has 1 amide bonds. The molecule has 0 aliphatic carbocycles. The molecule has 1 aromatic rings. The molecule has 13 heavy (non-hydrogen) atoms. The maximum Gasteiger partial charge on any atom is 0.235 e. The van der Waals surface area contributed by atoms with Crippen molar-refractivity contribution < 1.29 is 4.79 Å². The summed E-state index contributed by atoms with van der Waals surface area (Å²) in [5.41, 5.74) is 1.94. The standard InChI is InChI=1S/C9H11ClN2O/c1-7-2-3-8(11-5-7)6-12-9(13)4-10/h2-3,5H,4,6H2,1H3,(H,12,13). The molecule has 0 radical (unpaired) electrons. The summed E-state index contributed by atoms with van der Waals surface area (Å²) in [6, 6.07) is 3.83. The molecule has 1 N–H and O–H groups in total. The van der Waals surface area contributed by atoms with E-state index in [-0.39, 0.29) is 11.8 Å². The topological polar surface area (TPSA) is 42.0 Å². The van der Waals surface area contributed by atoms with Crippen molar-refractivity contribution in [1.82, 2.24) is 10.3 Å². The van der Waals surface area contributed by atoms with Gasteiger partial charge < -0.3 is 5.32 Å². The van der Waals surface area contributed by atoms with E-state index in [0.717, 1.165) is 11.3 Å². The van der Waals surface area contributed by atoms with Gasteiger partial charge in [-0.25, -0.2) is 0 Å². The van der Waals surface area contributed by atoms with E-state index in [9.17, 15) is 4.79 Å². The number of alkyl halides is 1. The SMILES string of the molecule is Cc1ccc(CNC(=O)CCl)nc1. The zero-order chi connectivity index (χ0) is 9.68. The van der Waals surface area contributed by atoms with E-state index >= 15 is 0 Å². The van der Waals surface area contributed by atoms with Crippen LogP contribution in [0.4, 0.5) is 0 Å². The number of pyridine rings is 1. The minimum Gasteiger partial charge on any atom is -0.349 e. The number of carbonyl (C=O) groups is 1. The second kappa shape index (κ2) is 4.82. The molecular formula is C9H11ClN2O. The van der Waals surface area contributed by atoms with Crippen LogP contribution in [0, 0.1) is 6.92 Å². The predicted octanol–water partition coefficient (Wildman–Crippen LogP) is 1.25. The van der Waals surface area contributed by atoms with Crippen LogP contribution in [0.25, 0.3) is 0 Å². The van der Waals surface area contributed by atoms with Gasteiger partial charge in [-0.1, -0.05) is 6.07 Å². The molecule has 0 bridgehead atoms. The lowest BCUT2D eigenvalue weighted by molar-refractivity contribution is -0.118. The molecule has 0 aliphatic heterocycles. The number of halogens is 1. The average molecular weight is 199 g/mol. The summed E-state index contributed by atoms with van der Waals surface area (Å²) in [4.78, 5) is 14.9. The first-order chi connectivity index (χ1) is 6.22. The summed E-state index contributed by atoms with van der Waals surface area (Å²) in [7, 11) is 0. The molecule has 0 aromatic carbocycles. The van der Waals surface area contributed by atoms with Gasteiger partial charge in [0.1, 0.15) is 5.88 Å². The monoisotopic (exact) mass is 198 g/mol. The van der Waals surface area contributed by atoms with Gasteiger partial charge in [0.2, 0.25) is 5.91 Å². The molecule has 1 heterocycles. The van der Waals surface area contributed by atoms with Gasteiger partial charge in [0.25, 0.3) is 0 Å². The second-order valence-corrected chi connectivity index (χ2v) is 3.00. The molecule has 70 valence electrons. The lowest BCUT2D eigenvalue weighted by atomic mass is 10.3. The fraction of sp³-hybridized carbons (Fsp3) is 0.333. The maximum absolute atomic E-state index is 10.8. The van der Waals surface area contributed by atoms with Crippen LogP contribution in [0.2, 0.25) is 0 Å². The predicted molar refractivity (Wildman–Crippen MR) is 51.5 cm³/mol. The van der Waals surface area contributed by atoms with Crippen LogP contribution in [0.15, 0.2) is 18.3 Å². The highest BCUT2D eigenvalue weighted by atomic mass is 35.5. The maximum atomic E-state index is 10.8. The van der Waals surface area contributed by atoms with E-state index in [1.165, 1.54) is 0 Å². The van der Waals surface area contributed by atoms with Gasteiger partial charge in [-0.15, -0.1) is 11.6 Å². The van der Waals surface area contributed by atoms with E-state index in [4.69, 9.17) is 11.6 Å². The quantitative estimate of drug-likeness (QED) is 0.743. The largest absolute Gasteiger partial charge is 0.349 e. The Bertz CT molecular complexity index is 284. The Labute approximate surface area is 82.1 Å². The van der Waals surface area contributed by atoms with Crippen molar-refractivity contribution in [3.63, 3.8) is 0 Å². The van der Waals surface area contributed by atoms with E-state index in [2.05, 4.69) is 10.3 Å². The van der Waals surface area contributed by atoms with Gasteiger partial charge in [0.05, 0.1) is 12.2 Å². The van der Waals surface area contributed by atoms with Gasteiger partial charge in [0, 0.05) is 6.20 Å². The number of hydrogen-bond donors (Lipinski definition) is 1. The Balaban J connectivity index is 2.46. The van der Waals surface area contributed by atoms with Crippen LogP contribution in [0.3, 0.4) is 0 Å². The van der Waals surface area contributed by atoms with Crippen molar-refractivity contribution in [1.29, 1.82) is 0 Å². The van der Waals surface area contributed by atoms with E-state index in [0.29, 0.717) is 6.54 Å². The number of amides is 1. The van der Waals surface area contributed by atoms with Gasteiger partial charge in [0.15, 0.2) is 0 Å². The third-order valence-corrected chi connectivity index (χ3v) is 1.80. The molecule has 0 atom stereocenters. The molecule has 1 rings (SSSR count). The van der Waals surface area contributed by atoms with Gasteiger partial charge in [-0.3, -0.25) is 9.78 Å². The normalized spacial score (nSPS) is 9.69. The summed E-state index contributed by atoms with van der Waals surface area (Å²) < 4.78 is 0. The highest BCUT2D eigenvalue weighted by Gasteiger charge is 1.98. The number of nitrogens with one attached hydrogen (secondary N) is 1. The van der Waals surface area contributed by atoms with Crippen LogP contribution in [-0.2, 0) is 11.3 Å². The number of nitrogens with zero attached hydrogens (tertiary/aromatic N) is 1. The van der Waals surface area contributed by atoms with Crippen LogP contribution >= 0.6 is 11.6 Å². The van der Waals surface area contributed by atoms with Gasteiger partial charge in [-0.2, -0.15) is 0 Å². The number of hydrogen-bond acceptors (Lipinski definition) is 2. The van der Waals surface area contributed by atoms with E-state index < -0.39 is 0 Å². The van der Waals surface area contributed by atoms with Crippen molar-refractivity contribution in [2.24, 2.45) is 0 Å². The fourth-order valence-corrected chi connectivity index (χ4v) is 0.934. The van der Waals surface area contributed by atoms with Crippen molar-refractivity contribution in [3.05, 3.63) is 29.6 Å². The van der Waals surface area contributed by atoms with Gasteiger partial charge in [-0.05, 0) is 18.6 Å². The zero-order valence-corrected chi connectivity index (χ0v) is 8.14. The highest BCUT2D eigenvalue weighted by molar-refractivity contribution is 6.27. The number of aryl methyl sites for hydroxylation is 1. The third-order valence-electron chi connectivity index (χ3n) is 1.56. The first-order valence-corrected chi connectivity index (χ1v) is 4.50. The molecule has 0 saturated carbocycles. The zero-order valence-electron chi connectivity index (χ0n) is 7.38. The Hall–Kier alpha value is -1.09. The first kappa shape index (κ1) is 9.99. The third kappa shape index (κ3) is 3.42. The molecule has 0 aliphatic rings. The first-order valence-electron chi connectivity index (χ1n) is 3.96. The average Bonchev–Trinajstić information content (AvgIpc) is 2.16. The van der Waals surface area contributed by atoms with E-state index in [1.54, 1.807) is 6.20 Å².